The number of amides is 1. The molecule has 2 heterocycles. The molecule has 0 aliphatic carbocycles. The first-order chi connectivity index (χ1) is 18.2. The SMILES string of the molecule is Cc1oc2c(C)c3oc(=O)c(CC(=O)N[C@@H](Cc4ccccc4)C(=O)[O-])c(C)c3cc2c1-c1ccccc1. The summed E-state index contributed by atoms with van der Waals surface area (Å²) in [5.74, 6) is -1.26. The van der Waals surface area contributed by atoms with Crippen molar-refractivity contribution in [1.29, 1.82) is 0 Å². The summed E-state index contributed by atoms with van der Waals surface area (Å²) in [5.41, 5.74) is 4.55. The van der Waals surface area contributed by atoms with E-state index >= 15 is 0 Å². The van der Waals surface area contributed by atoms with Crippen LogP contribution in [0.3, 0.4) is 0 Å². The Morgan fingerprint density at radius 2 is 1.50 bits per heavy atom. The third-order valence-electron chi connectivity index (χ3n) is 6.94. The van der Waals surface area contributed by atoms with E-state index in [0.29, 0.717) is 27.7 Å². The number of nitrogens with one attached hydrogen (secondary N) is 1. The van der Waals surface area contributed by atoms with Crippen LogP contribution in [-0.2, 0) is 22.4 Å². The van der Waals surface area contributed by atoms with Crippen molar-refractivity contribution in [2.24, 2.45) is 0 Å². The van der Waals surface area contributed by atoms with Gasteiger partial charge in [0, 0.05) is 21.9 Å². The average molecular weight is 509 g/mol. The fourth-order valence-corrected chi connectivity index (χ4v) is 4.99. The molecule has 2 aromatic heterocycles. The minimum Gasteiger partial charge on any atom is -0.548 e. The lowest BCUT2D eigenvalue weighted by molar-refractivity contribution is -0.308. The van der Waals surface area contributed by atoms with E-state index in [1.807, 2.05) is 56.3 Å². The Labute approximate surface area is 218 Å². The van der Waals surface area contributed by atoms with Gasteiger partial charge in [-0.2, -0.15) is 0 Å². The van der Waals surface area contributed by atoms with Gasteiger partial charge in [0.05, 0.1) is 24.0 Å². The molecule has 1 N–H and O–H groups in total. The molecular formula is C31H26NO6-. The van der Waals surface area contributed by atoms with E-state index in [0.717, 1.165) is 27.8 Å². The number of benzene rings is 3. The highest BCUT2D eigenvalue weighted by Gasteiger charge is 2.23. The summed E-state index contributed by atoms with van der Waals surface area (Å²) in [6, 6.07) is 19.5. The van der Waals surface area contributed by atoms with Crippen molar-refractivity contribution < 1.29 is 23.5 Å². The summed E-state index contributed by atoms with van der Waals surface area (Å²) in [6.07, 6.45) is -0.255. The van der Waals surface area contributed by atoms with Gasteiger partial charge in [0.2, 0.25) is 5.91 Å². The molecule has 7 heteroatoms. The van der Waals surface area contributed by atoms with Gasteiger partial charge in [0.1, 0.15) is 16.9 Å². The molecule has 0 saturated heterocycles. The highest BCUT2D eigenvalue weighted by atomic mass is 16.4. The molecule has 5 aromatic rings. The lowest BCUT2D eigenvalue weighted by atomic mass is 9.96. The minimum absolute atomic E-state index is 0.0690. The monoisotopic (exact) mass is 508 g/mol. The van der Waals surface area contributed by atoms with Gasteiger partial charge in [-0.3, -0.25) is 4.79 Å². The summed E-state index contributed by atoms with van der Waals surface area (Å²) in [4.78, 5) is 37.6. The van der Waals surface area contributed by atoms with Crippen molar-refractivity contribution in [3.63, 3.8) is 0 Å². The molecule has 0 saturated carbocycles. The van der Waals surface area contributed by atoms with E-state index in [9.17, 15) is 19.5 Å². The normalized spacial score (nSPS) is 12.1. The molecule has 38 heavy (non-hydrogen) atoms. The lowest BCUT2D eigenvalue weighted by Gasteiger charge is -2.20. The first kappa shape index (κ1) is 25.0. The van der Waals surface area contributed by atoms with Crippen LogP contribution in [0.4, 0.5) is 0 Å². The summed E-state index contributed by atoms with van der Waals surface area (Å²) >= 11 is 0. The third-order valence-corrected chi connectivity index (χ3v) is 6.94. The standard InChI is InChI=1S/C31H27NO6/c1-17-22-15-24-27(21-12-8-5-9-13-21)19(3)37-29(24)18(2)28(22)38-31(36)23(17)16-26(33)32-25(30(34)35)14-20-10-6-4-7-11-20/h4-13,15,25H,14,16H2,1-3H3,(H,32,33)(H,34,35)/p-1/t25-/m0/s1. The van der Waals surface area contributed by atoms with Gasteiger partial charge in [0.25, 0.3) is 0 Å². The maximum Gasteiger partial charge on any atom is 0.340 e. The molecule has 5 rings (SSSR count). The molecule has 1 atom stereocenters. The Morgan fingerprint density at radius 1 is 0.868 bits per heavy atom. The predicted molar refractivity (Wildman–Crippen MR) is 143 cm³/mol. The van der Waals surface area contributed by atoms with Crippen molar-refractivity contribution in [2.45, 2.75) is 39.7 Å². The Kier molecular flexibility index (Phi) is 6.59. The number of hydrogen-bond acceptors (Lipinski definition) is 6. The van der Waals surface area contributed by atoms with E-state index in [1.165, 1.54) is 0 Å². The molecule has 0 aliphatic heterocycles. The van der Waals surface area contributed by atoms with Gasteiger partial charge in [-0.15, -0.1) is 0 Å². The first-order valence-electron chi connectivity index (χ1n) is 12.3. The van der Waals surface area contributed by atoms with E-state index < -0.39 is 23.5 Å². The number of carboxylic acids is 1. The number of hydrogen-bond donors (Lipinski definition) is 1. The fourth-order valence-electron chi connectivity index (χ4n) is 4.99. The van der Waals surface area contributed by atoms with Gasteiger partial charge in [-0.25, -0.2) is 4.79 Å². The molecular weight excluding hydrogens is 482 g/mol. The number of aliphatic carboxylic acids is 1. The van der Waals surface area contributed by atoms with Gasteiger partial charge in [-0.05, 0) is 49.9 Å². The van der Waals surface area contributed by atoms with Crippen LogP contribution >= 0.6 is 0 Å². The van der Waals surface area contributed by atoms with Crippen molar-refractivity contribution in [2.75, 3.05) is 0 Å². The van der Waals surface area contributed by atoms with Crippen LogP contribution in [0.25, 0.3) is 33.1 Å². The fraction of sp³-hybridized carbons (Fsp3) is 0.194. The number of aryl methyl sites for hydroxylation is 3. The molecule has 192 valence electrons. The van der Waals surface area contributed by atoms with Crippen LogP contribution in [-0.4, -0.2) is 17.9 Å². The van der Waals surface area contributed by atoms with Crippen LogP contribution in [0.2, 0.25) is 0 Å². The first-order valence-corrected chi connectivity index (χ1v) is 12.3. The highest BCUT2D eigenvalue weighted by Crippen LogP contribution is 2.39. The largest absolute Gasteiger partial charge is 0.548 e. The molecule has 0 bridgehead atoms. The number of furan rings is 1. The van der Waals surface area contributed by atoms with Gasteiger partial charge >= 0.3 is 5.63 Å². The van der Waals surface area contributed by atoms with Gasteiger partial charge < -0.3 is 24.1 Å². The van der Waals surface area contributed by atoms with Crippen LogP contribution in [0.5, 0.6) is 0 Å². The van der Waals surface area contributed by atoms with Gasteiger partial charge in [0.15, 0.2) is 0 Å². The quantitative estimate of drug-likeness (QED) is 0.331. The molecule has 0 radical (unpaired) electrons. The second-order valence-corrected chi connectivity index (χ2v) is 9.45. The van der Waals surface area contributed by atoms with Gasteiger partial charge in [-0.1, -0.05) is 60.7 Å². The molecule has 0 aliphatic rings. The van der Waals surface area contributed by atoms with Crippen molar-refractivity contribution in [3.05, 3.63) is 105 Å². The smallest absolute Gasteiger partial charge is 0.340 e. The molecule has 7 nitrogen and oxygen atoms in total. The maximum absolute atomic E-state index is 13.0. The number of fused-ring (bicyclic) bond motifs is 2. The van der Waals surface area contributed by atoms with E-state index in [1.54, 1.807) is 31.2 Å². The van der Waals surface area contributed by atoms with Crippen molar-refractivity contribution >= 4 is 33.8 Å². The molecule has 3 aromatic carbocycles. The zero-order valence-corrected chi connectivity index (χ0v) is 21.3. The molecule has 0 spiro atoms. The minimum atomic E-state index is -1.40. The van der Waals surface area contributed by atoms with Crippen molar-refractivity contribution in [1.82, 2.24) is 5.32 Å². The molecule has 0 unspecified atom stereocenters. The van der Waals surface area contributed by atoms with E-state index in [2.05, 4.69) is 5.32 Å². The topological polar surface area (TPSA) is 113 Å². The summed E-state index contributed by atoms with van der Waals surface area (Å²) in [6.45, 7) is 5.50. The Bertz CT molecular complexity index is 1730. The average Bonchev–Trinajstić information content (AvgIpc) is 3.24. The Balaban J connectivity index is 1.53. The van der Waals surface area contributed by atoms with E-state index in [-0.39, 0.29) is 18.4 Å². The van der Waals surface area contributed by atoms with Crippen LogP contribution in [0, 0.1) is 20.8 Å². The van der Waals surface area contributed by atoms with Crippen LogP contribution in [0.15, 0.2) is 80.4 Å². The Morgan fingerprint density at radius 3 is 2.16 bits per heavy atom. The number of carbonyl (C=O) groups is 2. The van der Waals surface area contributed by atoms with E-state index in [4.69, 9.17) is 8.83 Å². The second kappa shape index (κ2) is 10.0. The number of carbonyl (C=O) groups excluding carboxylic acids is 2. The molecule has 0 fully saturated rings. The number of rotatable bonds is 7. The highest BCUT2D eigenvalue weighted by molar-refractivity contribution is 6.06. The summed E-state index contributed by atoms with van der Waals surface area (Å²) in [7, 11) is 0. The zero-order valence-electron chi connectivity index (χ0n) is 21.3. The summed E-state index contributed by atoms with van der Waals surface area (Å²) in [5, 5.41) is 15.8. The summed E-state index contributed by atoms with van der Waals surface area (Å²) < 4.78 is 11.8. The Hall–Kier alpha value is -4.65. The molecule has 1 amide bonds. The zero-order chi connectivity index (χ0) is 27.0. The van der Waals surface area contributed by atoms with Crippen LogP contribution < -0.4 is 16.0 Å². The van der Waals surface area contributed by atoms with Crippen molar-refractivity contribution in [3.8, 4) is 11.1 Å². The predicted octanol–water partition coefficient (Wildman–Crippen LogP) is 4.15. The lowest BCUT2D eigenvalue weighted by Crippen LogP contribution is -2.49. The second-order valence-electron chi connectivity index (χ2n) is 9.45. The number of carboxylic acid groups (broad SMARTS) is 1. The maximum atomic E-state index is 13.0. The van der Waals surface area contributed by atoms with Crippen LogP contribution in [0.1, 0.15) is 28.0 Å². The third kappa shape index (κ3) is 4.59.